The Balaban J connectivity index is 1.75. The van der Waals surface area contributed by atoms with Gasteiger partial charge < -0.3 is 10.2 Å². The van der Waals surface area contributed by atoms with Gasteiger partial charge in [0.15, 0.2) is 0 Å². The lowest BCUT2D eigenvalue weighted by Gasteiger charge is -2.20. The summed E-state index contributed by atoms with van der Waals surface area (Å²) in [6.07, 6.45) is 0.228. The number of nitrogens with zero attached hydrogens (tertiary/aromatic N) is 1. The molecule has 0 radical (unpaired) electrons. The summed E-state index contributed by atoms with van der Waals surface area (Å²) in [6, 6.07) is 11.4. The van der Waals surface area contributed by atoms with Gasteiger partial charge in [0.2, 0.25) is 11.8 Å². The van der Waals surface area contributed by atoms with Crippen LogP contribution in [-0.4, -0.2) is 18.4 Å². The maximum absolute atomic E-state index is 12.6. The second kappa shape index (κ2) is 6.89. The first kappa shape index (κ1) is 17.5. The average Bonchev–Trinajstić information content (AvgIpc) is 2.94. The van der Waals surface area contributed by atoms with Gasteiger partial charge in [-0.2, -0.15) is 0 Å². The molecule has 4 nitrogen and oxygen atoms in total. The number of carbonyl (C=O) groups is 2. The van der Waals surface area contributed by atoms with E-state index in [4.69, 9.17) is 11.6 Å². The van der Waals surface area contributed by atoms with Gasteiger partial charge in [-0.1, -0.05) is 23.7 Å². The Morgan fingerprint density at radius 2 is 1.88 bits per heavy atom. The van der Waals surface area contributed by atoms with Crippen LogP contribution >= 0.6 is 11.6 Å². The summed E-state index contributed by atoms with van der Waals surface area (Å²) in [5.41, 5.74) is 4.65. The molecule has 3 rings (SSSR count). The van der Waals surface area contributed by atoms with Gasteiger partial charge in [0.05, 0.1) is 5.92 Å². The summed E-state index contributed by atoms with van der Waals surface area (Å²) in [7, 11) is 0. The molecule has 2 amide bonds. The lowest BCUT2D eigenvalue weighted by Crippen LogP contribution is -2.28. The number of hydrogen-bond donors (Lipinski definition) is 1. The highest BCUT2D eigenvalue weighted by Crippen LogP contribution is 2.30. The number of halogens is 1. The van der Waals surface area contributed by atoms with Crippen LogP contribution in [0.2, 0.25) is 5.02 Å². The molecule has 1 aliphatic rings. The molecule has 1 atom stereocenters. The summed E-state index contributed by atoms with van der Waals surface area (Å²) >= 11 is 5.95. The Morgan fingerprint density at radius 3 is 2.60 bits per heavy atom. The number of hydrogen-bond acceptors (Lipinski definition) is 2. The molecule has 2 aromatic rings. The highest BCUT2D eigenvalue weighted by Gasteiger charge is 2.35. The summed E-state index contributed by atoms with van der Waals surface area (Å²) in [5, 5.41) is 3.55. The van der Waals surface area contributed by atoms with Crippen LogP contribution in [0.4, 0.5) is 11.4 Å². The van der Waals surface area contributed by atoms with Gasteiger partial charge in [-0.25, -0.2) is 0 Å². The van der Waals surface area contributed by atoms with Gasteiger partial charge in [-0.05, 0) is 61.7 Å². The van der Waals surface area contributed by atoms with Crippen LogP contribution in [0, 0.1) is 26.7 Å². The van der Waals surface area contributed by atoms with Crippen LogP contribution in [-0.2, 0) is 9.59 Å². The number of rotatable bonds is 3. The molecule has 1 unspecified atom stereocenters. The van der Waals surface area contributed by atoms with Gasteiger partial charge in [0, 0.05) is 29.4 Å². The van der Waals surface area contributed by atoms with Crippen molar-refractivity contribution in [3.63, 3.8) is 0 Å². The van der Waals surface area contributed by atoms with Crippen LogP contribution in [0.5, 0.6) is 0 Å². The number of nitrogens with one attached hydrogen (secondary N) is 1. The minimum Gasteiger partial charge on any atom is -0.326 e. The van der Waals surface area contributed by atoms with Crippen molar-refractivity contribution < 1.29 is 9.59 Å². The van der Waals surface area contributed by atoms with E-state index >= 15 is 0 Å². The first-order valence-corrected chi connectivity index (χ1v) is 8.67. The smallest absolute Gasteiger partial charge is 0.229 e. The molecule has 130 valence electrons. The molecule has 0 spiro atoms. The van der Waals surface area contributed by atoms with Crippen LogP contribution < -0.4 is 10.2 Å². The Morgan fingerprint density at radius 1 is 1.12 bits per heavy atom. The molecule has 1 heterocycles. The molecule has 2 aromatic carbocycles. The maximum Gasteiger partial charge on any atom is 0.229 e. The van der Waals surface area contributed by atoms with E-state index in [0.717, 1.165) is 28.1 Å². The second-order valence-electron chi connectivity index (χ2n) is 6.64. The molecular weight excluding hydrogens is 336 g/mol. The molecule has 0 bridgehead atoms. The van der Waals surface area contributed by atoms with Gasteiger partial charge in [0.1, 0.15) is 0 Å². The quantitative estimate of drug-likeness (QED) is 0.893. The molecule has 0 aromatic heterocycles. The fourth-order valence-corrected chi connectivity index (χ4v) is 3.36. The van der Waals surface area contributed by atoms with E-state index in [-0.39, 0.29) is 24.2 Å². The maximum atomic E-state index is 12.6. The molecule has 0 aliphatic carbocycles. The van der Waals surface area contributed by atoms with Crippen LogP contribution in [0.25, 0.3) is 0 Å². The molecule has 1 saturated heterocycles. The van der Waals surface area contributed by atoms with Crippen molar-refractivity contribution in [1.82, 2.24) is 0 Å². The topological polar surface area (TPSA) is 49.4 Å². The number of benzene rings is 2. The average molecular weight is 357 g/mol. The van der Waals surface area contributed by atoms with E-state index in [1.807, 2.05) is 39.0 Å². The fraction of sp³-hybridized carbons (Fsp3) is 0.300. The van der Waals surface area contributed by atoms with Crippen molar-refractivity contribution in [2.45, 2.75) is 27.2 Å². The van der Waals surface area contributed by atoms with E-state index in [1.165, 1.54) is 0 Å². The number of carbonyl (C=O) groups excluding carboxylic acids is 2. The van der Waals surface area contributed by atoms with Gasteiger partial charge >= 0.3 is 0 Å². The van der Waals surface area contributed by atoms with Gasteiger partial charge in [-0.3, -0.25) is 9.59 Å². The molecule has 1 fully saturated rings. The predicted molar refractivity (Wildman–Crippen MR) is 101 cm³/mol. The van der Waals surface area contributed by atoms with E-state index in [0.29, 0.717) is 11.6 Å². The van der Waals surface area contributed by atoms with Crippen molar-refractivity contribution in [2.24, 2.45) is 5.92 Å². The first-order valence-electron chi connectivity index (χ1n) is 8.30. The number of amides is 2. The van der Waals surface area contributed by atoms with E-state index in [1.54, 1.807) is 23.1 Å². The SMILES string of the molecule is Cc1ccc(C)c(N2CC(C(=O)Nc3ccc(Cl)cc3C)CC2=O)c1. The second-order valence-corrected chi connectivity index (χ2v) is 7.08. The van der Waals surface area contributed by atoms with E-state index < -0.39 is 0 Å². The van der Waals surface area contributed by atoms with Crippen molar-refractivity contribution >= 4 is 34.8 Å². The Bertz CT molecular complexity index is 848. The van der Waals surface area contributed by atoms with Crippen molar-refractivity contribution in [1.29, 1.82) is 0 Å². The highest BCUT2D eigenvalue weighted by molar-refractivity contribution is 6.30. The number of aryl methyl sites for hydroxylation is 3. The highest BCUT2D eigenvalue weighted by atomic mass is 35.5. The zero-order valence-electron chi connectivity index (χ0n) is 14.6. The third-order valence-corrected chi connectivity index (χ3v) is 4.83. The molecule has 25 heavy (non-hydrogen) atoms. The fourth-order valence-electron chi connectivity index (χ4n) is 3.13. The molecular formula is C20H21ClN2O2. The monoisotopic (exact) mass is 356 g/mol. The van der Waals surface area contributed by atoms with Crippen LogP contribution in [0.1, 0.15) is 23.1 Å². The lowest BCUT2D eigenvalue weighted by molar-refractivity contribution is -0.122. The minimum absolute atomic E-state index is 0.0123. The third-order valence-electron chi connectivity index (χ3n) is 4.60. The summed E-state index contributed by atoms with van der Waals surface area (Å²) in [6.45, 7) is 6.27. The van der Waals surface area contributed by atoms with Crippen molar-refractivity contribution in [3.8, 4) is 0 Å². The Kier molecular flexibility index (Phi) is 4.82. The minimum atomic E-state index is -0.359. The van der Waals surface area contributed by atoms with Crippen LogP contribution in [0.3, 0.4) is 0 Å². The van der Waals surface area contributed by atoms with E-state index in [2.05, 4.69) is 5.32 Å². The standard InChI is InChI=1S/C20H21ClN2O2/c1-12-4-5-13(2)18(8-12)23-11-15(10-19(23)24)20(25)22-17-7-6-16(21)9-14(17)3/h4-9,15H,10-11H2,1-3H3,(H,22,25). The molecule has 5 heteroatoms. The Labute approximate surface area is 152 Å². The molecule has 1 N–H and O–H groups in total. The largest absolute Gasteiger partial charge is 0.326 e. The van der Waals surface area contributed by atoms with Crippen molar-refractivity contribution in [2.75, 3.05) is 16.8 Å². The van der Waals surface area contributed by atoms with Crippen LogP contribution in [0.15, 0.2) is 36.4 Å². The number of anilines is 2. The van der Waals surface area contributed by atoms with E-state index in [9.17, 15) is 9.59 Å². The van der Waals surface area contributed by atoms with Gasteiger partial charge in [0.25, 0.3) is 0 Å². The first-order chi connectivity index (χ1) is 11.8. The third kappa shape index (κ3) is 3.69. The lowest BCUT2D eigenvalue weighted by atomic mass is 10.1. The normalized spacial score (nSPS) is 17.0. The zero-order chi connectivity index (χ0) is 18.1. The zero-order valence-corrected chi connectivity index (χ0v) is 15.4. The van der Waals surface area contributed by atoms with Crippen molar-refractivity contribution in [3.05, 3.63) is 58.1 Å². The summed E-state index contributed by atoms with van der Waals surface area (Å²) in [4.78, 5) is 26.8. The molecule has 1 aliphatic heterocycles. The van der Waals surface area contributed by atoms with Gasteiger partial charge in [-0.15, -0.1) is 0 Å². The predicted octanol–water partition coefficient (Wildman–Crippen LogP) is 4.26. The summed E-state index contributed by atoms with van der Waals surface area (Å²) in [5.74, 6) is -0.504. The Hall–Kier alpha value is -2.33. The summed E-state index contributed by atoms with van der Waals surface area (Å²) < 4.78 is 0. The molecule has 0 saturated carbocycles.